The largest absolute Gasteiger partial charge is 0.483 e. The molecule has 1 atom stereocenters. The Hall–Kier alpha value is -3.39. The molecule has 4 N–H and O–H groups in total. The third-order valence-electron chi connectivity index (χ3n) is 5.40. The number of hydrogen-bond donors (Lipinski definition) is 3. The molecule has 0 saturated carbocycles. The fourth-order valence-corrected chi connectivity index (χ4v) is 3.63. The highest BCUT2D eigenvalue weighted by molar-refractivity contribution is 6.24. The van der Waals surface area contributed by atoms with Gasteiger partial charge in [-0.2, -0.15) is 0 Å². The maximum atomic E-state index is 13.0. The van der Waals surface area contributed by atoms with Gasteiger partial charge in [-0.15, -0.1) is 0 Å². The normalized spacial score (nSPS) is 17.2. The zero-order valence-corrected chi connectivity index (χ0v) is 19.8. The second-order valence-electron chi connectivity index (χ2n) is 7.93. The number of nitrogens with two attached hydrogens (primary N) is 1. The first-order valence-electron chi connectivity index (χ1n) is 11.6. The van der Waals surface area contributed by atoms with E-state index in [0.29, 0.717) is 33.0 Å². The molecule has 1 aromatic carbocycles. The minimum Gasteiger partial charge on any atom is -0.483 e. The first-order chi connectivity index (χ1) is 17.4. The summed E-state index contributed by atoms with van der Waals surface area (Å²) in [6, 6.07) is 3.32. The number of carbonyl (C=O) groups excluding carboxylic acids is 5. The monoisotopic (exact) mass is 506 g/mol. The number of imide groups is 2. The van der Waals surface area contributed by atoms with Crippen LogP contribution in [0.15, 0.2) is 18.2 Å². The molecule has 2 aliphatic heterocycles. The molecule has 2 aliphatic rings. The van der Waals surface area contributed by atoms with Crippen LogP contribution in [0.1, 0.15) is 40.0 Å². The molecule has 0 aliphatic carbocycles. The van der Waals surface area contributed by atoms with Crippen LogP contribution in [0.4, 0.5) is 0 Å². The van der Waals surface area contributed by atoms with Crippen molar-refractivity contribution in [2.75, 3.05) is 52.9 Å². The number of nitrogens with zero attached hydrogens (tertiary/aromatic N) is 1. The zero-order chi connectivity index (χ0) is 25.9. The van der Waals surface area contributed by atoms with Gasteiger partial charge in [-0.1, -0.05) is 6.07 Å². The van der Waals surface area contributed by atoms with Gasteiger partial charge in [0.05, 0.1) is 37.6 Å². The molecule has 3 rings (SSSR count). The lowest BCUT2D eigenvalue weighted by atomic mass is 10.0. The lowest BCUT2D eigenvalue weighted by molar-refractivity contribution is -0.136. The van der Waals surface area contributed by atoms with Gasteiger partial charge in [-0.3, -0.25) is 34.2 Å². The van der Waals surface area contributed by atoms with Gasteiger partial charge in [0.2, 0.25) is 11.8 Å². The smallest absolute Gasteiger partial charge is 0.266 e. The van der Waals surface area contributed by atoms with Crippen molar-refractivity contribution in [1.29, 1.82) is 0 Å². The van der Waals surface area contributed by atoms with Crippen LogP contribution in [0.25, 0.3) is 0 Å². The molecule has 13 heteroatoms. The summed E-state index contributed by atoms with van der Waals surface area (Å²) in [7, 11) is 0. The number of benzene rings is 1. The minimum atomic E-state index is -1.09. The second kappa shape index (κ2) is 13.6. The van der Waals surface area contributed by atoms with E-state index < -0.39 is 42.2 Å². The number of piperidine rings is 1. The SMILES string of the molecule is NCCCOCCOCCOCNC(=O)COc1cccc2c1C(=O)N(C1CCC(=O)NC1=O)C2=O. The Morgan fingerprint density at radius 1 is 1.03 bits per heavy atom. The highest BCUT2D eigenvalue weighted by Crippen LogP contribution is 2.33. The molecule has 2 heterocycles. The summed E-state index contributed by atoms with van der Waals surface area (Å²) in [4.78, 5) is 62.3. The van der Waals surface area contributed by atoms with Gasteiger partial charge in [-0.05, 0) is 31.5 Å². The fraction of sp³-hybridized carbons (Fsp3) is 0.522. The molecule has 0 spiro atoms. The quantitative estimate of drug-likeness (QED) is 0.151. The van der Waals surface area contributed by atoms with Crippen molar-refractivity contribution in [2.45, 2.75) is 25.3 Å². The summed E-state index contributed by atoms with van der Waals surface area (Å²) >= 11 is 0. The van der Waals surface area contributed by atoms with Crippen molar-refractivity contribution in [2.24, 2.45) is 5.73 Å². The van der Waals surface area contributed by atoms with Gasteiger partial charge < -0.3 is 30.0 Å². The second-order valence-corrected chi connectivity index (χ2v) is 7.93. The van der Waals surface area contributed by atoms with Crippen molar-refractivity contribution >= 4 is 29.5 Å². The lowest BCUT2D eigenvalue weighted by Gasteiger charge is -2.27. The summed E-state index contributed by atoms with van der Waals surface area (Å²) < 4.78 is 21.4. The highest BCUT2D eigenvalue weighted by Gasteiger charge is 2.46. The summed E-state index contributed by atoms with van der Waals surface area (Å²) in [5, 5.41) is 4.65. The molecule has 0 radical (unpaired) electrons. The van der Waals surface area contributed by atoms with Gasteiger partial charge in [-0.25, -0.2) is 0 Å². The van der Waals surface area contributed by atoms with Gasteiger partial charge in [0.25, 0.3) is 17.7 Å². The van der Waals surface area contributed by atoms with E-state index in [2.05, 4.69) is 10.6 Å². The predicted molar refractivity (Wildman–Crippen MR) is 123 cm³/mol. The number of fused-ring (bicyclic) bond motifs is 1. The molecule has 36 heavy (non-hydrogen) atoms. The minimum absolute atomic E-state index is 0.0190. The average Bonchev–Trinajstić information content (AvgIpc) is 3.11. The van der Waals surface area contributed by atoms with Crippen LogP contribution >= 0.6 is 0 Å². The van der Waals surface area contributed by atoms with E-state index in [9.17, 15) is 24.0 Å². The van der Waals surface area contributed by atoms with Crippen LogP contribution < -0.4 is 21.1 Å². The third-order valence-corrected chi connectivity index (χ3v) is 5.40. The van der Waals surface area contributed by atoms with Crippen molar-refractivity contribution in [3.05, 3.63) is 29.3 Å². The number of carbonyl (C=O) groups is 5. The average molecular weight is 507 g/mol. The molecule has 196 valence electrons. The maximum absolute atomic E-state index is 13.0. The summed E-state index contributed by atoms with van der Waals surface area (Å²) in [5.74, 6) is -2.99. The van der Waals surface area contributed by atoms with Crippen molar-refractivity contribution in [1.82, 2.24) is 15.5 Å². The van der Waals surface area contributed by atoms with E-state index >= 15 is 0 Å². The van der Waals surface area contributed by atoms with E-state index in [4.69, 9.17) is 24.7 Å². The van der Waals surface area contributed by atoms with Crippen LogP contribution in [-0.4, -0.2) is 93.4 Å². The Labute approximate surface area is 207 Å². The van der Waals surface area contributed by atoms with Crippen LogP contribution in [0, 0.1) is 0 Å². The Balaban J connectivity index is 1.40. The Morgan fingerprint density at radius 3 is 2.47 bits per heavy atom. The lowest BCUT2D eigenvalue weighted by Crippen LogP contribution is -2.54. The van der Waals surface area contributed by atoms with Gasteiger partial charge in [0.15, 0.2) is 6.61 Å². The van der Waals surface area contributed by atoms with Crippen LogP contribution in [0.5, 0.6) is 5.75 Å². The van der Waals surface area contributed by atoms with Gasteiger partial charge in [0, 0.05) is 13.0 Å². The maximum Gasteiger partial charge on any atom is 0.266 e. The molecular weight excluding hydrogens is 476 g/mol. The first-order valence-corrected chi connectivity index (χ1v) is 11.6. The highest BCUT2D eigenvalue weighted by atomic mass is 16.5. The van der Waals surface area contributed by atoms with Gasteiger partial charge in [0.1, 0.15) is 18.5 Å². The molecule has 5 amide bonds. The van der Waals surface area contributed by atoms with E-state index in [1.165, 1.54) is 18.2 Å². The van der Waals surface area contributed by atoms with E-state index in [1.54, 1.807) is 0 Å². The topological polar surface area (TPSA) is 176 Å². The van der Waals surface area contributed by atoms with Crippen molar-refractivity contribution in [3.63, 3.8) is 0 Å². The van der Waals surface area contributed by atoms with Crippen LogP contribution in [-0.2, 0) is 28.6 Å². The number of hydrogen-bond acceptors (Lipinski definition) is 10. The van der Waals surface area contributed by atoms with Crippen molar-refractivity contribution < 1.29 is 42.9 Å². The molecule has 0 aromatic heterocycles. The molecule has 1 fully saturated rings. The number of ether oxygens (including phenoxy) is 4. The standard InChI is InChI=1S/C23H30N4O9/c24-7-2-8-33-9-10-34-11-12-35-14-25-19(29)13-36-17-4-1-3-15-20(17)23(32)27(22(15)31)16-5-6-18(28)26-21(16)30/h1,3-4,16H,2,5-14,24H2,(H,25,29)(H,26,28,30). The van der Waals surface area contributed by atoms with E-state index in [1.807, 2.05) is 0 Å². The Morgan fingerprint density at radius 2 is 1.75 bits per heavy atom. The fourth-order valence-electron chi connectivity index (χ4n) is 3.63. The zero-order valence-electron chi connectivity index (χ0n) is 19.8. The molecule has 1 saturated heterocycles. The predicted octanol–water partition coefficient (Wildman–Crippen LogP) is -1.06. The molecule has 1 aromatic rings. The molecular formula is C23H30N4O9. The Kier molecular flexibility index (Phi) is 10.3. The van der Waals surface area contributed by atoms with E-state index in [-0.39, 0.29) is 43.1 Å². The van der Waals surface area contributed by atoms with Crippen LogP contribution in [0.2, 0.25) is 0 Å². The summed E-state index contributed by atoms with van der Waals surface area (Å²) in [6.45, 7) is 2.20. The molecule has 13 nitrogen and oxygen atoms in total. The number of nitrogens with one attached hydrogen (secondary N) is 2. The van der Waals surface area contributed by atoms with Gasteiger partial charge >= 0.3 is 0 Å². The molecule has 0 bridgehead atoms. The molecule has 1 unspecified atom stereocenters. The summed E-state index contributed by atoms with van der Waals surface area (Å²) in [5.41, 5.74) is 5.40. The Bertz CT molecular complexity index is 984. The number of amides is 5. The number of rotatable bonds is 15. The van der Waals surface area contributed by atoms with Crippen molar-refractivity contribution in [3.8, 4) is 5.75 Å². The summed E-state index contributed by atoms with van der Waals surface area (Å²) in [6.07, 6.45) is 0.863. The third kappa shape index (κ3) is 7.07. The van der Waals surface area contributed by atoms with Crippen LogP contribution in [0.3, 0.4) is 0 Å². The first kappa shape index (κ1) is 27.2. The van der Waals surface area contributed by atoms with E-state index in [0.717, 1.165) is 11.3 Å².